The van der Waals surface area contributed by atoms with Crippen LogP contribution in [0.1, 0.15) is 17.1 Å². The predicted molar refractivity (Wildman–Crippen MR) is 81.2 cm³/mol. The van der Waals surface area contributed by atoms with Crippen molar-refractivity contribution in [1.29, 1.82) is 0 Å². The van der Waals surface area contributed by atoms with Gasteiger partial charge in [0.1, 0.15) is 5.82 Å². The summed E-state index contributed by atoms with van der Waals surface area (Å²) in [5.74, 6) is 1.18. The molecular weight excluding hydrogens is 278 g/mol. The molecule has 0 unspecified atom stereocenters. The lowest BCUT2D eigenvalue weighted by Gasteiger charge is -2.18. The molecular formula is C16H19N5O. The summed E-state index contributed by atoms with van der Waals surface area (Å²) in [5, 5.41) is 4.28. The first-order chi connectivity index (χ1) is 10.9. The Kier molecular flexibility index (Phi) is 3.52. The van der Waals surface area contributed by atoms with Crippen LogP contribution in [-0.2, 0) is 26.1 Å². The molecule has 1 aliphatic rings. The van der Waals surface area contributed by atoms with Crippen molar-refractivity contribution in [3.8, 4) is 0 Å². The Hall–Kier alpha value is -2.34. The van der Waals surface area contributed by atoms with E-state index in [4.69, 9.17) is 4.42 Å². The van der Waals surface area contributed by atoms with E-state index in [2.05, 4.69) is 19.5 Å². The van der Waals surface area contributed by atoms with Gasteiger partial charge in [-0.2, -0.15) is 5.10 Å². The molecule has 0 aliphatic carbocycles. The van der Waals surface area contributed by atoms with E-state index in [0.717, 1.165) is 39.1 Å². The second-order valence-corrected chi connectivity index (χ2v) is 5.68. The number of furan rings is 1. The minimum absolute atomic E-state index is 0.779. The van der Waals surface area contributed by atoms with Crippen LogP contribution >= 0.6 is 0 Å². The lowest BCUT2D eigenvalue weighted by atomic mass is 10.3. The van der Waals surface area contributed by atoms with Crippen molar-refractivity contribution in [3.05, 3.63) is 60.3 Å². The number of hydrogen-bond acceptors (Lipinski definition) is 4. The van der Waals surface area contributed by atoms with Gasteiger partial charge in [0.25, 0.3) is 0 Å². The maximum Gasteiger partial charge on any atom is 0.110 e. The Morgan fingerprint density at radius 1 is 1.18 bits per heavy atom. The van der Waals surface area contributed by atoms with E-state index < -0.39 is 0 Å². The van der Waals surface area contributed by atoms with Gasteiger partial charge in [0, 0.05) is 50.6 Å². The molecule has 114 valence electrons. The van der Waals surface area contributed by atoms with Gasteiger partial charge < -0.3 is 8.98 Å². The van der Waals surface area contributed by atoms with E-state index in [0.29, 0.717) is 0 Å². The number of imidazole rings is 1. The van der Waals surface area contributed by atoms with Crippen LogP contribution < -0.4 is 0 Å². The molecule has 0 saturated carbocycles. The van der Waals surface area contributed by atoms with Crippen molar-refractivity contribution in [1.82, 2.24) is 24.2 Å². The van der Waals surface area contributed by atoms with Crippen molar-refractivity contribution >= 4 is 0 Å². The summed E-state index contributed by atoms with van der Waals surface area (Å²) < 4.78 is 9.45. The average molecular weight is 297 g/mol. The van der Waals surface area contributed by atoms with Crippen molar-refractivity contribution in [2.75, 3.05) is 13.1 Å². The van der Waals surface area contributed by atoms with Gasteiger partial charge in [-0.15, -0.1) is 0 Å². The molecule has 3 aromatic rings. The number of hydrogen-bond donors (Lipinski definition) is 0. The minimum Gasteiger partial charge on any atom is -0.472 e. The van der Waals surface area contributed by atoms with Crippen LogP contribution in [0.3, 0.4) is 0 Å². The Morgan fingerprint density at radius 3 is 3.00 bits per heavy atom. The fourth-order valence-corrected chi connectivity index (χ4v) is 3.02. The lowest BCUT2D eigenvalue weighted by molar-refractivity contribution is 0.270. The van der Waals surface area contributed by atoms with Crippen LogP contribution in [0, 0.1) is 0 Å². The van der Waals surface area contributed by atoms with Gasteiger partial charge in [-0.1, -0.05) is 0 Å². The van der Waals surface area contributed by atoms with Gasteiger partial charge in [-0.3, -0.25) is 9.58 Å². The highest BCUT2D eigenvalue weighted by molar-refractivity contribution is 5.09. The Balaban J connectivity index is 1.46. The van der Waals surface area contributed by atoms with Crippen LogP contribution in [0.2, 0.25) is 0 Å². The van der Waals surface area contributed by atoms with Gasteiger partial charge in [0.2, 0.25) is 0 Å². The zero-order chi connectivity index (χ0) is 14.8. The molecule has 0 saturated heterocycles. The van der Waals surface area contributed by atoms with Gasteiger partial charge in [0.15, 0.2) is 0 Å². The summed E-state index contributed by atoms with van der Waals surface area (Å²) in [6.07, 6.45) is 10.3. The third kappa shape index (κ3) is 2.69. The summed E-state index contributed by atoms with van der Waals surface area (Å²) in [5.41, 5.74) is 2.46. The molecule has 6 nitrogen and oxygen atoms in total. The van der Waals surface area contributed by atoms with E-state index in [1.54, 1.807) is 6.26 Å². The second kappa shape index (κ2) is 5.81. The topological polar surface area (TPSA) is 52.0 Å². The molecule has 6 heteroatoms. The molecule has 22 heavy (non-hydrogen) atoms. The van der Waals surface area contributed by atoms with E-state index in [-0.39, 0.29) is 0 Å². The van der Waals surface area contributed by atoms with Crippen molar-refractivity contribution in [2.24, 2.45) is 0 Å². The predicted octanol–water partition coefficient (Wildman–Crippen LogP) is 1.78. The molecule has 1 aliphatic heterocycles. The first-order valence-electron chi connectivity index (χ1n) is 7.62. The molecule has 4 heterocycles. The largest absolute Gasteiger partial charge is 0.472 e. The highest BCUT2D eigenvalue weighted by Gasteiger charge is 2.17. The Morgan fingerprint density at radius 2 is 2.18 bits per heavy atom. The first-order valence-corrected chi connectivity index (χ1v) is 7.62. The van der Waals surface area contributed by atoms with Gasteiger partial charge in [-0.05, 0) is 12.1 Å². The van der Waals surface area contributed by atoms with Crippen LogP contribution in [0.25, 0.3) is 0 Å². The number of aromatic nitrogens is 4. The molecule has 4 rings (SSSR count). The summed E-state index contributed by atoms with van der Waals surface area (Å²) in [7, 11) is 0. The highest BCUT2D eigenvalue weighted by Crippen LogP contribution is 2.14. The molecule has 0 spiro atoms. The van der Waals surface area contributed by atoms with Crippen molar-refractivity contribution in [2.45, 2.75) is 26.1 Å². The maximum absolute atomic E-state index is 5.16. The molecule has 0 N–H and O–H groups in total. The summed E-state index contributed by atoms with van der Waals surface area (Å²) in [4.78, 5) is 7.06. The van der Waals surface area contributed by atoms with E-state index in [1.807, 2.05) is 41.7 Å². The third-order valence-electron chi connectivity index (χ3n) is 4.18. The molecule has 0 aromatic carbocycles. The Labute approximate surface area is 129 Å². The van der Waals surface area contributed by atoms with Gasteiger partial charge in [-0.25, -0.2) is 4.98 Å². The zero-order valence-electron chi connectivity index (χ0n) is 12.4. The van der Waals surface area contributed by atoms with Crippen LogP contribution in [0.5, 0.6) is 0 Å². The average Bonchev–Trinajstić information content (AvgIpc) is 3.24. The highest BCUT2D eigenvalue weighted by atomic mass is 16.3. The molecule has 0 bridgehead atoms. The third-order valence-corrected chi connectivity index (χ3v) is 4.18. The maximum atomic E-state index is 5.16. The van der Waals surface area contributed by atoms with E-state index in [9.17, 15) is 0 Å². The number of fused-ring (bicyclic) bond motifs is 1. The fourth-order valence-electron chi connectivity index (χ4n) is 3.02. The molecule has 3 aromatic heterocycles. The van der Waals surface area contributed by atoms with Crippen LogP contribution in [0.4, 0.5) is 0 Å². The smallest absolute Gasteiger partial charge is 0.110 e. The van der Waals surface area contributed by atoms with E-state index in [1.165, 1.54) is 17.1 Å². The van der Waals surface area contributed by atoms with Gasteiger partial charge >= 0.3 is 0 Å². The van der Waals surface area contributed by atoms with Crippen molar-refractivity contribution in [3.63, 3.8) is 0 Å². The summed E-state index contributed by atoms with van der Waals surface area (Å²) >= 11 is 0. The minimum atomic E-state index is 0.779. The number of rotatable bonds is 4. The quantitative estimate of drug-likeness (QED) is 0.736. The van der Waals surface area contributed by atoms with Crippen LogP contribution in [0.15, 0.2) is 47.7 Å². The zero-order valence-corrected chi connectivity index (χ0v) is 12.4. The second-order valence-electron chi connectivity index (χ2n) is 5.68. The Bertz CT molecular complexity index is 714. The summed E-state index contributed by atoms with van der Waals surface area (Å²) in [6.45, 7) is 4.76. The molecule has 0 amide bonds. The lowest BCUT2D eigenvalue weighted by Crippen LogP contribution is -2.26. The van der Waals surface area contributed by atoms with Crippen LogP contribution in [-0.4, -0.2) is 37.3 Å². The number of nitrogens with zero attached hydrogens (tertiary/aromatic N) is 5. The normalized spacial score (nSPS) is 15.6. The fraction of sp³-hybridized carbons (Fsp3) is 0.375. The SMILES string of the molecule is c1cnn(Cc2cnc3n2CCN(Cc2ccoc2)CC3)c1. The standard InChI is InChI=1S/C16H19N5O/c1-4-18-20(5-1)12-15-10-17-16-2-6-19(7-8-21(15)16)11-14-3-9-22-13-14/h1,3-5,9-10,13H,2,6-8,11-12H2. The monoisotopic (exact) mass is 297 g/mol. The molecule has 0 atom stereocenters. The van der Waals surface area contributed by atoms with E-state index >= 15 is 0 Å². The van der Waals surface area contributed by atoms with Gasteiger partial charge in [0.05, 0.1) is 31.0 Å². The molecule has 0 fully saturated rings. The first kappa shape index (κ1) is 13.3. The summed E-state index contributed by atoms with van der Waals surface area (Å²) in [6, 6.07) is 3.99. The van der Waals surface area contributed by atoms with Crippen molar-refractivity contribution < 1.29 is 4.42 Å². The molecule has 0 radical (unpaired) electrons.